The molecule has 0 saturated carbocycles. The molecule has 0 spiro atoms. The summed E-state index contributed by atoms with van der Waals surface area (Å²) in [6.07, 6.45) is 0. The molecule has 0 aliphatic rings. The molecule has 0 aliphatic heterocycles. The highest BCUT2D eigenvalue weighted by atomic mass is 16.5. The van der Waals surface area contributed by atoms with Gasteiger partial charge in [-0.15, -0.1) is 0 Å². The number of phenols is 1. The summed E-state index contributed by atoms with van der Waals surface area (Å²) in [5, 5.41) is 12.0. The minimum absolute atomic E-state index is 0.0650. The molecular formula is C16H16N2O4. The van der Waals surface area contributed by atoms with Gasteiger partial charge in [0.2, 0.25) is 5.91 Å². The van der Waals surface area contributed by atoms with Crippen LogP contribution >= 0.6 is 0 Å². The van der Waals surface area contributed by atoms with Crippen LogP contribution in [0.25, 0.3) is 0 Å². The molecule has 0 radical (unpaired) electrons. The first-order valence-electron chi connectivity index (χ1n) is 6.62. The van der Waals surface area contributed by atoms with Gasteiger partial charge in [-0.2, -0.15) is 0 Å². The van der Waals surface area contributed by atoms with Gasteiger partial charge in [0.05, 0.1) is 0 Å². The van der Waals surface area contributed by atoms with Crippen LogP contribution in [0.5, 0.6) is 11.5 Å². The van der Waals surface area contributed by atoms with Crippen LogP contribution in [0, 0.1) is 0 Å². The summed E-state index contributed by atoms with van der Waals surface area (Å²) in [6, 6.07) is 14.0. The summed E-state index contributed by atoms with van der Waals surface area (Å²) in [5.74, 6) is -1.06. The normalized spacial score (nSPS) is 11.5. The van der Waals surface area contributed by atoms with E-state index in [9.17, 15) is 14.7 Å². The first-order chi connectivity index (χ1) is 10.6. The lowest BCUT2D eigenvalue weighted by Crippen LogP contribution is -2.39. The van der Waals surface area contributed by atoms with E-state index < -0.39 is 17.9 Å². The zero-order valence-corrected chi connectivity index (χ0v) is 11.7. The van der Waals surface area contributed by atoms with Crippen molar-refractivity contribution in [3.8, 4) is 11.5 Å². The van der Waals surface area contributed by atoms with Gasteiger partial charge < -0.3 is 20.9 Å². The first kappa shape index (κ1) is 15.4. The number of aromatic hydroxyl groups is 1. The van der Waals surface area contributed by atoms with Gasteiger partial charge in [0.15, 0.2) is 18.1 Å². The molecule has 22 heavy (non-hydrogen) atoms. The van der Waals surface area contributed by atoms with Crippen molar-refractivity contribution in [2.45, 2.75) is 6.04 Å². The Balaban J connectivity index is 1.98. The van der Waals surface area contributed by atoms with Crippen LogP contribution < -0.4 is 15.8 Å². The highest BCUT2D eigenvalue weighted by Gasteiger charge is 2.20. The van der Waals surface area contributed by atoms with Crippen LogP contribution in [0.4, 0.5) is 0 Å². The molecule has 0 fully saturated rings. The average molecular weight is 300 g/mol. The maximum atomic E-state index is 11.9. The summed E-state index contributed by atoms with van der Waals surface area (Å²) in [5.41, 5.74) is 5.90. The molecule has 0 bridgehead atoms. The molecule has 4 N–H and O–H groups in total. The summed E-state index contributed by atoms with van der Waals surface area (Å²) in [4.78, 5) is 23.4. The minimum Gasteiger partial charge on any atom is -0.504 e. The fourth-order valence-electron chi connectivity index (χ4n) is 1.89. The molecule has 114 valence electrons. The molecule has 0 heterocycles. The molecule has 1 atom stereocenters. The van der Waals surface area contributed by atoms with E-state index in [4.69, 9.17) is 10.5 Å². The number of benzene rings is 2. The second-order valence-corrected chi connectivity index (χ2v) is 4.57. The second-order valence-electron chi connectivity index (χ2n) is 4.57. The van der Waals surface area contributed by atoms with E-state index in [1.165, 1.54) is 12.1 Å². The average Bonchev–Trinajstić information content (AvgIpc) is 2.52. The molecule has 2 rings (SSSR count). The number of carbonyl (C=O) groups is 2. The fraction of sp³-hybridized carbons (Fsp3) is 0.125. The van der Waals surface area contributed by atoms with Gasteiger partial charge in [-0.25, -0.2) is 0 Å². The molecule has 0 aromatic heterocycles. The Morgan fingerprint density at radius 2 is 1.73 bits per heavy atom. The van der Waals surface area contributed by atoms with Crippen molar-refractivity contribution in [3.63, 3.8) is 0 Å². The molecule has 2 aromatic carbocycles. The number of hydrogen-bond acceptors (Lipinski definition) is 4. The second kappa shape index (κ2) is 7.12. The number of hydrogen-bond donors (Lipinski definition) is 3. The van der Waals surface area contributed by atoms with Crippen molar-refractivity contribution in [2.24, 2.45) is 5.73 Å². The lowest BCUT2D eigenvalue weighted by molar-refractivity contribution is -0.128. The van der Waals surface area contributed by atoms with Crippen molar-refractivity contribution >= 4 is 11.8 Å². The van der Waals surface area contributed by atoms with Crippen molar-refractivity contribution in [2.75, 3.05) is 6.61 Å². The van der Waals surface area contributed by atoms with Crippen LogP contribution in [-0.4, -0.2) is 23.5 Å². The Labute approximate surface area is 127 Å². The van der Waals surface area contributed by atoms with E-state index in [-0.39, 0.29) is 18.1 Å². The van der Waals surface area contributed by atoms with Crippen molar-refractivity contribution in [3.05, 3.63) is 60.2 Å². The Hall–Kier alpha value is -3.02. The van der Waals surface area contributed by atoms with E-state index in [1.807, 2.05) is 0 Å². The van der Waals surface area contributed by atoms with Gasteiger partial charge in [0.25, 0.3) is 5.91 Å². The molecule has 6 nitrogen and oxygen atoms in total. The standard InChI is InChI=1S/C16H16N2O4/c17-16(21)15(11-6-2-1-3-7-11)18-14(20)10-22-13-9-5-4-8-12(13)19/h1-9,15,19H,10H2,(H2,17,21)(H,18,20). The van der Waals surface area contributed by atoms with Crippen LogP contribution in [-0.2, 0) is 9.59 Å². The number of para-hydroxylation sites is 2. The van der Waals surface area contributed by atoms with Crippen LogP contribution in [0.2, 0.25) is 0 Å². The van der Waals surface area contributed by atoms with Crippen LogP contribution in [0.1, 0.15) is 11.6 Å². The van der Waals surface area contributed by atoms with E-state index in [2.05, 4.69) is 5.32 Å². The lowest BCUT2D eigenvalue weighted by Gasteiger charge is -2.16. The number of rotatable bonds is 6. The molecule has 0 saturated heterocycles. The van der Waals surface area contributed by atoms with Gasteiger partial charge >= 0.3 is 0 Å². The Morgan fingerprint density at radius 3 is 2.36 bits per heavy atom. The number of primary amides is 1. The number of ether oxygens (including phenoxy) is 1. The van der Waals surface area contributed by atoms with Gasteiger partial charge in [-0.3, -0.25) is 9.59 Å². The van der Waals surface area contributed by atoms with Gasteiger partial charge in [-0.1, -0.05) is 42.5 Å². The highest BCUT2D eigenvalue weighted by molar-refractivity contribution is 5.88. The molecule has 0 aliphatic carbocycles. The number of nitrogens with one attached hydrogen (secondary N) is 1. The summed E-state index contributed by atoms with van der Waals surface area (Å²) >= 11 is 0. The van der Waals surface area contributed by atoms with E-state index in [0.29, 0.717) is 5.56 Å². The molecule has 2 amide bonds. The van der Waals surface area contributed by atoms with E-state index in [1.54, 1.807) is 42.5 Å². The third kappa shape index (κ3) is 3.99. The monoisotopic (exact) mass is 300 g/mol. The highest BCUT2D eigenvalue weighted by Crippen LogP contribution is 2.24. The minimum atomic E-state index is -0.929. The smallest absolute Gasteiger partial charge is 0.258 e. The van der Waals surface area contributed by atoms with Crippen molar-refractivity contribution < 1.29 is 19.4 Å². The zero-order valence-electron chi connectivity index (χ0n) is 11.7. The molecular weight excluding hydrogens is 284 g/mol. The lowest BCUT2D eigenvalue weighted by atomic mass is 10.1. The predicted octanol–water partition coefficient (Wildman–Crippen LogP) is 1.11. The third-order valence-corrected chi connectivity index (χ3v) is 2.95. The van der Waals surface area contributed by atoms with Crippen LogP contribution in [0.15, 0.2) is 54.6 Å². The largest absolute Gasteiger partial charge is 0.504 e. The number of phenolic OH excluding ortho intramolecular Hbond substituents is 1. The molecule has 2 aromatic rings. The van der Waals surface area contributed by atoms with Gasteiger partial charge in [0, 0.05) is 0 Å². The number of carbonyl (C=O) groups excluding carboxylic acids is 2. The number of nitrogens with two attached hydrogens (primary N) is 1. The van der Waals surface area contributed by atoms with Gasteiger partial charge in [0.1, 0.15) is 6.04 Å². The molecule has 6 heteroatoms. The fourth-order valence-corrected chi connectivity index (χ4v) is 1.89. The van der Waals surface area contributed by atoms with E-state index >= 15 is 0 Å². The maximum Gasteiger partial charge on any atom is 0.258 e. The Kier molecular flexibility index (Phi) is 4.98. The third-order valence-electron chi connectivity index (χ3n) is 2.95. The van der Waals surface area contributed by atoms with Crippen molar-refractivity contribution in [1.82, 2.24) is 5.32 Å². The Morgan fingerprint density at radius 1 is 1.09 bits per heavy atom. The van der Waals surface area contributed by atoms with Crippen molar-refractivity contribution in [1.29, 1.82) is 0 Å². The van der Waals surface area contributed by atoms with Crippen LogP contribution in [0.3, 0.4) is 0 Å². The summed E-state index contributed by atoms with van der Waals surface area (Å²) in [6.45, 7) is -0.339. The Bertz CT molecular complexity index is 658. The SMILES string of the molecule is NC(=O)C(NC(=O)COc1ccccc1O)c1ccccc1. The summed E-state index contributed by atoms with van der Waals surface area (Å²) in [7, 11) is 0. The topological polar surface area (TPSA) is 102 Å². The quantitative estimate of drug-likeness (QED) is 0.743. The van der Waals surface area contributed by atoms with Gasteiger partial charge in [-0.05, 0) is 17.7 Å². The van der Waals surface area contributed by atoms with E-state index in [0.717, 1.165) is 0 Å². The molecule has 1 unspecified atom stereocenters. The maximum absolute atomic E-state index is 11.9. The summed E-state index contributed by atoms with van der Waals surface area (Å²) < 4.78 is 5.20. The number of amides is 2. The predicted molar refractivity (Wildman–Crippen MR) is 80.1 cm³/mol. The first-order valence-corrected chi connectivity index (χ1v) is 6.62. The zero-order chi connectivity index (χ0) is 15.9.